The van der Waals surface area contributed by atoms with Gasteiger partial charge in [0.15, 0.2) is 5.13 Å². The fraction of sp³-hybridized carbons (Fsp3) is 0.600. The van der Waals surface area contributed by atoms with Crippen molar-refractivity contribution < 1.29 is 9.53 Å². The second-order valence-corrected chi connectivity index (χ2v) is 9.95. The van der Waals surface area contributed by atoms with E-state index in [9.17, 15) is 4.79 Å². The molecule has 1 saturated carbocycles. The standard InChI is InChI=1S/C25H35N3O2S/c1-3-4-5-18-6-8-19(9-7-18)24(29)27-25-26-22(17-31-25)16-28-13-12-20-14-23(30-2)11-10-21(20)15-28/h10-11,14,17-19H,3-9,12-13,15-16H2,1-2H3,(H,26,27,29). The predicted octanol–water partition coefficient (Wildman–Crippen LogP) is 5.65. The fourth-order valence-corrected chi connectivity index (χ4v) is 5.63. The van der Waals surface area contributed by atoms with E-state index in [0.717, 1.165) is 61.4 Å². The number of thiazole rings is 1. The molecule has 1 aliphatic carbocycles. The van der Waals surface area contributed by atoms with Crippen LogP contribution in [0.3, 0.4) is 0 Å². The van der Waals surface area contributed by atoms with Gasteiger partial charge in [-0.1, -0.05) is 32.3 Å². The number of carbonyl (C=O) groups is 1. The number of hydrogen-bond donors (Lipinski definition) is 1. The number of nitrogens with one attached hydrogen (secondary N) is 1. The first-order valence-electron chi connectivity index (χ1n) is 11.8. The smallest absolute Gasteiger partial charge is 0.229 e. The van der Waals surface area contributed by atoms with Gasteiger partial charge in [-0.15, -0.1) is 11.3 Å². The molecule has 31 heavy (non-hydrogen) atoms. The lowest BCUT2D eigenvalue weighted by Crippen LogP contribution is -2.30. The second-order valence-electron chi connectivity index (χ2n) is 9.09. The van der Waals surface area contributed by atoms with Crippen molar-refractivity contribution in [2.45, 2.75) is 71.4 Å². The summed E-state index contributed by atoms with van der Waals surface area (Å²) in [6, 6.07) is 6.36. The molecule has 1 N–H and O–H groups in total. The molecular weight excluding hydrogens is 406 g/mol. The highest BCUT2D eigenvalue weighted by molar-refractivity contribution is 7.13. The zero-order valence-electron chi connectivity index (χ0n) is 18.9. The van der Waals surface area contributed by atoms with Crippen LogP contribution in [0.1, 0.15) is 68.7 Å². The molecule has 2 aliphatic rings. The van der Waals surface area contributed by atoms with Gasteiger partial charge in [0, 0.05) is 30.9 Å². The van der Waals surface area contributed by atoms with E-state index >= 15 is 0 Å². The number of amides is 1. The van der Waals surface area contributed by atoms with Crippen LogP contribution < -0.4 is 10.1 Å². The van der Waals surface area contributed by atoms with Gasteiger partial charge in [0.2, 0.25) is 5.91 Å². The fourth-order valence-electron chi connectivity index (χ4n) is 4.93. The van der Waals surface area contributed by atoms with Crippen molar-refractivity contribution in [3.63, 3.8) is 0 Å². The lowest BCUT2D eigenvalue weighted by atomic mass is 9.79. The molecule has 1 aromatic carbocycles. The van der Waals surface area contributed by atoms with Crippen LogP contribution in [0, 0.1) is 11.8 Å². The molecule has 1 fully saturated rings. The Labute approximate surface area is 190 Å². The second kappa shape index (κ2) is 10.6. The van der Waals surface area contributed by atoms with Gasteiger partial charge in [-0.25, -0.2) is 4.98 Å². The predicted molar refractivity (Wildman–Crippen MR) is 127 cm³/mol. The third-order valence-electron chi connectivity index (χ3n) is 6.86. The minimum atomic E-state index is 0.154. The van der Waals surface area contributed by atoms with Crippen LogP contribution in [0.15, 0.2) is 23.6 Å². The summed E-state index contributed by atoms with van der Waals surface area (Å²) in [7, 11) is 1.72. The van der Waals surface area contributed by atoms with E-state index in [0.29, 0.717) is 0 Å². The van der Waals surface area contributed by atoms with E-state index in [4.69, 9.17) is 9.72 Å². The maximum absolute atomic E-state index is 12.7. The Morgan fingerprint density at radius 1 is 1.26 bits per heavy atom. The minimum Gasteiger partial charge on any atom is -0.497 e. The first-order chi connectivity index (χ1) is 15.1. The molecular formula is C25H35N3O2S. The number of anilines is 1. The number of aromatic nitrogens is 1. The largest absolute Gasteiger partial charge is 0.497 e. The van der Waals surface area contributed by atoms with Crippen molar-refractivity contribution >= 4 is 22.4 Å². The molecule has 168 valence electrons. The molecule has 0 saturated heterocycles. The van der Waals surface area contributed by atoms with Gasteiger partial charge in [-0.2, -0.15) is 0 Å². The van der Waals surface area contributed by atoms with Crippen molar-refractivity contribution in [2.24, 2.45) is 11.8 Å². The molecule has 4 rings (SSSR count). The average Bonchev–Trinajstić information content (AvgIpc) is 3.24. The van der Waals surface area contributed by atoms with Gasteiger partial charge >= 0.3 is 0 Å². The molecule has 0 unspecified atom stereocenters. The van der Waals surface area contributed by atoms with E-state index in [1.54, 1.807) is 18.4 Å². The molecule has 1 aromatic heterocycles. The molecule has 5 nitrogen and oxygen atoms in total. The summed E-state index contributed by atoms with van der Waals surface area (Å²) in [5, 5.41) is 5.92. The first kappa shape index (κ1) is 22.3. The highest BCUT2D eigenvalue weighted by Crippen LogP contribution is 2.33. The Morgan fingerprint density at radius 3 is 2.87 bits per heavy atom. The number of nitrogens with zero attached hydrogens (tertiary/aromatic N) is 2. The van der Waals surface area contributed by atoms with Crippen molar-refractivity contribution in [3.05, 3.63) is 40.4 Å². The molecule has 1 aliphatic heterocycles. The van der Waals surface area contributed by atoms with Crippen LogP contribution in [0.25, 0.3) is 0 Å². The number of methoxy groups -OCH3 is 1. The molecule has 1 amide bonds. The van der Waals surface area contributed by atoms with Gasteiger partial charge in [-0.05, 0) is 61.3 Å². The lowest BCUT2D eigenvalue weighted by molar-refractivity contribution is -0.121. The maximum Gasteiger partial charge on any atom is 0.229 e. The monoisotopic (exact) mass is 441 g/mol. The normalized spacial score (nSPS) is 21.5. The summed E-state index contributed by atoms with van der Waals surface area (Å²) >= 11 is 1.55. The molecule has 0 radical (unpaired) electrons. The number of rotatable bonds is 8. The van der Waals surface area contributed by atoms with Crippen molar-refractivity contribution in [3.8, 4) is 5.75 Å². The third kappa shape index (κ3) is 5.86. The third-order valence-corrected chi connectivity index (χ3v) is 7.66. The quantitative estimate of drug-likeness (QED) is 0.575. The first-order valence-corrected chi connectivity index (χ1v) is 12.7. The summed E-state index contributed by atoms with van der Waals surface area (Å²) in [6.07, 6.45) is 9.39. The maximum atomic E-state index is 12.7. The number of carbonyl (C=O) groups excluding carboxylic acids is 1. The summed E-state index contributed by atoms with van der Waals surface area (Å²) in [4.78, 5) is 19.8. The Balaban J connectivity index is 1.25. The van der Waals surface area contributed by atoms with Gasteiger partial charge in [0.05, 0.1) is 12.8 Å². The molecule has 0 atom stereocenters. The Hall–Kier alpha value is -1.92. The summed E-state index contributed by atoms with van der Waals surface area (Å²) < 4.78 is 5.34. The van der Waals surface area contributed by atoms with Crippen LogP contribution in [-0.4, -0.2) is 29.4 Å². The van der Waals surface area contributed by atoms with E-state index in [1.807, 2.05) is 6.07 Å². The molecule has 0 spiro atoms. The zero-order valence-corrected chi connectivity index (χ0v) is 19.7. The topological polar surface area (TPSA) is 54.5 Å². The van der Waals surface area contributed by atoms with Crippen molar-refractivity contribution in [1.82, 2.24) is 9.88 Å². The van der Waals surface area contributed by atoms with E-state index < -0.39 is 0 Å². The number of fused-ring (bicyclic) bond motifs is 1. The number of benzene rings is 1. The Morgan fingerprint density at radius 2 is 2.10 bits per heavy atom. The molecule has 0 bridgehead atoms. The number of ether oxygens (including phenoxy) is 1. The molecule has 6 heteroatoms. The van der Waals surface area contributed by atoms with Gasteiger partial charge in [-0.3, -0.25) is 9.69 Å². The van der Waals surface area contributed by atoms with Crippen molar-refractivity contribution in [1.29, 1.82) is 0 Å². The van der Waals surface area contributed by atoms with Crippen LogP contribution >= 0.6 is 11.3 Å². The Bertz CT molecular complexity index is 873. The highest BCUT2D eigenvalue weighted by Gasteiger charge is 2.26. The van der Waals surface area contributed by atoms with E-state index in [-0.39, 0.29) is 11.8 Å². The molecule has 2 aromatic rings. The summed E-state index contributed by atoms with van der Waals surface area (Å²) in [6.45, 7) is 5.02. The van der Waals surface area contributed by atoms with Crippen LogP contribution in [-0.2, 0) is 24.3 Å². The zero-order chi connectivity index (χ0) is 21.6. The van der Waals surface area contributed by atoms with E-state index in [1.165, 1.54) is 43.2 Å². The average molecular weight is 442 g/mol. The number of hydrogen-bond acceptors (Lipinski definition) is 5. The Kier molecular flexibility index (Phi) is 7.62. The summed E-state index contributed by atoms with van der Waals surface area (Å²) in [5.41, 5.74) is 3.79. The molecule has 2 heterocycles. The van der Waals surface area contributed by atoms with Gasteiger partial charge in [0.25, 0.3) is 0 Å². The lowest BCUT2D eigenvalue weighted by Gasteiger charge is -2.28. The van der Waals surface area contributed by atoms with E-state index in [2.05, 4.69) is 34.7 Å². The number of unbranched alkanes of at least 4 members (excludes halogenated alkanes) is 1. The minimum absolute atomic E-state index is 0.154. The van der Waals surface area contributed by atoms with Gasteiger partial charge < -0.3 is 10.1 Å². The van der Waals surface area contributed by atoms with Crippen LogP contribution in [0.5, 0.6) is 5.75 Å². The van der Waals surface area contributed by atoms with Gasteiger partial charge in [0.1, 0.15) is 5.75 Å². The van der Waals surface area contributed by atoms with Crippen LogP contribution in [0.4, 0.5) is 5.13 Å². The van der Waals surface area contributed by atoms with Crippen molar-refractivity contribution in [2.75, 3.05) is 19.0 Å². The van der Waals surface area contributed by atoms with Crippen LogP contribution in [0.2, 0.25) is 0 Å². The highest BCUT2D eigenvalue weighted by atomic mass is 32.1. The summed E-state index contributed by atoms with van der Waals surface area (Å²) in [5.74, 6) is 2.07. The SMILES string of the molecule is CCCCC1CCC(C(=O)Nc2nc(CN3CCc4cc(OC)ccc4C3)cs2)CC1.